The lowest BCUT2D eigenvalue weighted by molar-refractivity contribution is -0.127. The van der Waals surface area contributed by atoms with Crippen molar-refractivity contribution in [2.45, 2.75) is 13.2 Å². The number of carbonyl (C=O) groups is 1. The highest BCUT2D eigenvalue weighted by Gasteiger charge is 2.21. The van der Waals surface area contributed by atoms with E-state index in [1.54, 1.807) is 31.2 Å². The maximum atomic E-state index is 14.4. The van der Waals surface area contributed by atoms with Crippen LogP contribution < -0.4 is 0 Å². The van der Waals surface area contributed by atoms with Gasteiger partial charge >= 0.3 is 0 Å². The van der Waals surface area contributed by atoms with Crippen LogP contribution in [0.15, 0.2) is 65.8 Å². The molecule has 0 saturated carbocycles. The number of hydrazone groups is 1. The van der Waals surface area contributed by atoms with Gasteiger partial charge in [-0.25, -0.2) is 5.01 Å². The van der Waals surface area contributed by atoms with Gasteiger partial charge < -0.3 is 5.11 Å². The molecule has 2 aromatic carbocycles. The Morgan fingerprint density at radius 1 is 1.13 bits per heavy atom. The largest absolute Gasteiger partial charge is 0.368 e. The number of nitriles is 1. The van der Waals surface area contributed by atoms with E-state index < -0.39 is 18.1 Å². The first-order valence-electron chi connectivity index (χ1n) is 8.83. The molecule has 0 bridgehead atoms. The van der Waals surface area contributed by atoms with Crippen LogP contribution >= 0.6 is 0 Å². The van der Waals surface area contributed by atoms with Crippen LogP contribution in [0.5, 0.6) is 0 Å². The van der Waals surface area contributed by atoms with Gasteiger partial charge in [0, 0.05) is 11.1 Å². The second-order valence-corrected chi connectivity index (χ2v) is 6.33. The van der Waals surface area contributed by atoms with Crippen molar-refractivity contribution in [1.29, 1.82) is 5.26 Å². The Morgan fingerprint density at radius 3 is 2.43 bits per heavy atom. The summed E-state index contributed by atoms with van der Waals surface area (Å²) in [6.07, 6.45) is -1.21. The number of amides is 1. The van der Waals surface area contributed by atoms with Crippen molar-refractivity contribution < 1.29 is 18.7 Å². The number of halogens is 2. The molecule has 3 aromatic rings. The summed E-state index contributed by atoms with van der Waals surface area (Å²) in [5.74, 6) is -2.10. The van der Waals surface area contributed by atoms with Gasteiger partial charge in [-0.15, -0.1) is 0 Å². The van der Waals surface area contributed by atoms with Crippen molar-refractivity contribution >= 4 is 12.1 Å². The van der Waals surface area contributed by atoms with Gasteiger partial charge in [0.2, 0.25) is 18.3 Å². The summed E-state index contributed by atoms with van der Waals surface area (Å²) in [5.41, 5.74) is 1.74. The van der Waals surface area contributed by atoms with Crippen molar-refractivity contribution in [3.8, 4) is 6.07 Å². The maximum absolute atomic E-state index is 14.4. The van der Waals surface area contributed by atoms with Crippen LogP contribution in [0.1, 0.15) is 34.0 Å². The summed E-state index contributed by atoms with van der Waals surface area (Å²) in [6.45, 7) is 1.77. The molecule has 1 aromatic heterocycles. The third-order valence-electron chi connectivity index (χ3n) is 4.38. The fourth-order valence-electron chi connectivity index (χ4n) is 2.81. The molecule has 0 spiro atoms. The van der Waals surface area contributed by atoms with Crippen LogP contribution in [0.3, 0.4) is 0 Å². The molecule has 30 heavy (non-hydrogen) atoms. The summed E-state index contributed by atoms with van der Waals surface area (Å²) in [4.78, 5) is 14.9. The van der Waals surface area contributed by atoms with E-state index >= 15 is 0 Å². The Kier molecular flexibility index (Phi) is 6.25. The number of carbonyl (C=O) groups excluding carboxylic acids is 1. The van der Waals surface area contributed by atoms with Crippen LogP contribution in [0.2, 0.25) is 0 Å². The quantitative estimate of drug-likeness (QED) is 0.223. The highest BCUT2D eigenvalue weighted by Crippen LogP contribution is 2.22. The second kappa shape index (κ2) is 9.03. The molecular formula is C22H16F2N4O2. The van der Waals surface area contributed by atoms with E-state index in [1.807, 2.05) is 6.07 Å². The zero-order valence-electron chi connectivity index (χ0n) is 15.8. The van der Waals surface area contributed by atoms with Gasteiger partial charge in [-0.05, 0) is 36.8 Å². The number of nitrogens with zero attached hydrogens (tertiary/aromatic N) is 4. The van der Waals surface area contributed by atoms with E-state index in [0.717, 1.165) is 11.6 Å². The van der Waals surface area contributed by atoms with Crippen LogP contribution in [0, 0.1) is 30.2 Å². The van der Waals surface area contributed by atoms with Crippen molar-refractivity contribution in [2.24, 2.45) is 5.10 Å². The zero-order valence-corrected chi connectivity index (χ0v) is 15.8. The Labute approximate surface area is 171 Å². The van der Waals surface area contributed by atoms with Gasteiger partial charge in [0.05, 0.1) is 17.2 Å². The fourth-order valence-corrected chi connectivity index (χ4v) is 2.81. The molecular weight excluding hydrogens is 390 g/mol. The summed E-state index contributed by atoms with van der Waals surface area (Å²) in [6, 6.07) is 16.9. The molecule has 1 atom stereocenters. The molecule has 0 fully saturated rings. The van der Waals surface area contributed by atoms with Gasteiger partial charge in [-0.1, -0.05) is 36.4 Å². The standard InChI is InChI=1S/C22H16F2N4O2/c1-14-4-2-3-5-17(14)20(18-10-11-19(23)26-21(18)24)27-28(13-29)22(30)16-8-6-15(12-25)7-9-16/h2-11,13,22,30H,1H3/b27-20+. The minimum Gasteiger partial charge on any atom is -0.368 e. The van der Waals surface area contributed by atoms with Gasteiger partial charge in [0.15, 0.2) is 6.23 Å². The topological polar surface area (TPSA) is 89.6 Å². The van der Waals surface area contributed by atoms with E-state index in [2.05, 4.69) is 10.1 Å². The molecule has 150 valence electrons. The average Bonchev–Trinajstić information content (AvgIpc) is 2.75. The monoisotopic (exact) mass is 406 g/mol. The summed E-state index contributed by atoms with van der Waals surface area (Å²) >= 11 is 0. The van der Waals surface area contributed by atoms with Crippen molar-refractivity contribution in [1.82, 2.24) is 9.99 Å². The number of hydrogen-bond donors (Lipinski definition) is 1. The lowest BCUT2D eigenvalue weighted by Gasteiger charge is -2.21. The van der Waals surface area contributed by atoms with Gasteiger partial charge in [-0.2, -0.15) is 24.1 Å². The molecule has 0 aliphatic carbocycles. The molecule has 0 saturated heterocycles. The zero-order chi connectivity index (χ0) is 21.7. The molecule has 1 amide bonds. The van der Waals surface area contributed by atoms with Crippen molar-refractivity contribution in [2.75, 3.05) is 0 Å². The van der Waals surface area contributed by atoms with Crippen LogP contribution in [0.4, 0.5) is 8.78 Å². The first kappa shape index (κ1) is 20.8. The van der Waals surface area contributed by atoms with E-state index in [9.17, 15) is 18.7 Å². The minimum atomic E-state index is -1.49. The number of aliphatic hydroxyl groups excluding tert-OH is 1. The first-order valence-corrected chi connectivity index (χ1v) is 8.83. The fraction of sp³-hybridized carbons (Fsp3) is 0.0909. The number of aromatic nitrogens is 1. The van der Waals surface area contributed by atoms with E-state index in [-0.39, 0.29) is 17.7 Å². The molecule has 0 aliphatic rings. The number of rotatable bonds is 6. The number of hydrogen-bond acceptors (Lipinski definition) is 5. The normalized spacial score (nSPS) is 12.2. The molecule has 8 heteroatoms. The highest BCUT2D eigenvalue weighted by molar-refractivity contribution is 6.13. The number of pyridine rings is 1. The molecule has 3 rings (SSSR count). The van der Waals surface area contributed by atoms with Crippen molar-refractivity contribution in [3.63, 3.8) is 0 Å². The molecule has 0 aliphatic heterocycles. The van der Waals surface area contributed by atoms with Gasteiger partial charge in [0.25, 0.3) is 0 Å². The minimum absolute atomic E-state index is 0.00195. The molecule has 1 N–H and O–H groups in total. The lowest BCUT2D eigenvalue weighted by Crippen LogP contribution is -2.25. The molecule has 1 unspecified atom stereocenters. The van der Waals surface area contributed by atoms with Gasteiger partial charge in [-0.3, -0.25) is 4.79 Å². The number of benzene rings is 2. The van der Waals surface area contributed by atoms with Crippen LogP contribution in [-0.2, 0) is 4.79 Å². The molecule has 0 radical (unpaired) electrons. The van der Waals surface area contributed by atoms with Gasteiger partial charge in [0.1, 0.15) is 5.71 Å². The second-order valence-electron chi connectivity index (χ2n) is 6.33. The predicted octanol–water partition coefficient (Wildman–Crippen LogP) is 3.44. The van der Waals surface area contributed by atoms with Crippen molar-refractivity contribution in [3.05, 3.63) is 100 Å². The Hall–Kier alpha value is -3.96. The number of aryl methyl sites for hydroxylation is 1. The van der Waals surface area contributed by atoms with E-state index in [4.69, 9.17) is 5.26 Å². The summed E-state index contributed by atoms with van der Waals surface area (Å²) < 4.78 is 27.8. The summed E-state index contributed by atoms with van der Waals surface area (Å²) in [7, 11) is 0. The Bertz CT molecular complexity index is 1140. The third-order valence-corrected chi connectivity index (χ3v) is 4.38. The SMILES string of the molecule is Cc1ccccc1/C(=N\N(C=O)C(O)c1ccc(C#N)cc1)c1ccc(F)nc1F. The van der Waals surface area contributed by atoms with Crippen LogP contribution in [-0.4, -0.2) is 27.2 Å². The van der Waals surface area contributed by atoms with E-state index in [0.29, 0.717) is 21.7 Å². The third kappa shape index (κ3) is 4.37. The lowest BCUT2D eigenvalue weighted by atomic mass is 9.99. The van der Waals surface area contributed by atoms with E-state index in [1.165, 1.54) is 30.3 Å². The smallest absolute Gasteiger partial charge is 0.232 e. The maximum Gasteiger partial charge on any atom is 0.232 e. The number of aliphatic hydroxyl groups is 1. The Morgan fingerprint density at radius 2 is 1.83 bits per heavy atom. The average molecular weight is 406 g/mol. The summed E-state index contributed by atoms with van der Waals surface area (Å²) in [5, 5.41) is 24.4. The molecule has 1 heterocycles. The highest BCUT2D eigenvalue weighted by atomic mass is 19.1. The predicted molar refractivity (Wildman–Crippen MR) is 105 cm³/mol. The van der Waals surface area contributed by atoms with Crippen LogP contribution in [0.25, 0.3) is 0 Å². The molecule has 6 nitrogen and oxygen atoms in total. The first-order chi connectivity index (χ1) is 14.4. The Balaban J connectivity index is 2.12.